The minimum atomic E-state index is -3.54. The minimum absolute atomic E-state index is 0.369. The number of likely N-dealkylation sites (N-methyl/N-ethyl adjacent to an activating group) is 1. The molecule has 0 saturated carbocycles. The quantitative estimate of drug-likeness (QED) is 0.570. The highest BCUT2D eigenvalue weighted by Gasteiger charge is 2.31. The summed E-state index contributed by atoms with van der Waals surface area (Å²) < 4.78 is 30.2. The number of nitrogens with zero attached hydrogens (tertiary/aromatic N) is 4. The van der Waals surface area contributed by atoms with Crippen molar-refractivity contribution in [3.63, 3.8) is 0 Å². The number of benzene rings is 1. The van der Waals surface area contributed by atoms with Gasteiger partial charge in [-0.3, -0.25) is 0 Å². The number of piperazine rings is 1. The van der Waals surface area contributed by atoms with E-state index in [9.17, 15) is 8.42 Å². The van der Waals surface area contributed by atoms with Gasteiger partial charge in [-0.1, -0.05) is 30.7 Å². The molecule has 3 heterocycles. The van der Waals surface area contributed by atoms with Gasteiger partial charge in [0.2, 0.25) is 10.0 Å². The summed E-state index contributed by atoms with van der Waals surface area (Å²) in [6, 6.07) is 9.31. The Bertz CT molecular complexity index is 1140. The number of thiazole rings is 1. The highest BCUT2D eigenvalue weighted by molar-refractivity contribution is 7.89. The Hall–Kier alpha value is -1.71. The fraction of sp³-hybridized carbons (Fsp3) is 0.381. The van der Waals surface area contributed by atoms with E-state index < -0.39 is 10.0 Å². The first-order valence-corrected chi connectivity index (χ1v) is 12.6. The Balaban J connectivity index is 1.65. The van der Waals surface area contributed by atoms with E-state index >= 15 is 0 Å². The second-order valence-electron chi connectivity index (χ2n) is 7.42. The summed E-state index contributed by atoms with van der Waals surface area (Å²) in [6.45, 7) is 7.49. The first-order chi connectivity index (χ1) is 14.3. The highest BCUT2D eigenvalue weighted by Crippen LogP contribution is 2.34. The Morgan fingerprint density at radius 3 is 2.43 bits per heavy atom. The number of rotatable bonds is 5. The molecule has 1 aromatic carbocycles. The minimum Gasteiger partial charge on any atom is -0.345 e. The van der Waals surface area contributed by atoms with E-state index in [-0.39, 0.29) is 0 Å². The maximum Gasteiger partial charge on any atom is 0.244 e. The molecule has 6 nitrogen and oxygen atoms in total. The second-order valence-corrected chi connectivity index (χ2v) is 10.6. The summed E-state index contributed by atoms with van der Waals surface area (Å²) in [5, 5.41) is 3.46. The number of sulfonamides is 1. The fourth-order valence-corrected chi connectivity index (χ4v) is 6.41. The van der Waals surface area contributed by atoms with Gasteiger partial charge in [0.1, 0.15) is 9.90 Å². The van der Waals surface area contributed by atoms with Crippen LogP contribution in [0.2, 0.25) is 5.02 Å². The predicted molar refractivity (Wildman–Crippen MR) is 123 cm³/mol. The lowest BCUT2D eigenvalue weighted by atomic mass is 10.2. The average Bonchev–Trinajstić information content (AvgIpc) is 3.34. The molecule has 0 aliphatic carbocycles. The van der Waals surface area contributed by atoms with Crippen LogP contribution < -0.4 is 0 Å². The van der Waals surface area contributed by atoms with Gasteiger partial charge >= 0.3 is 0 Å². The van der Waals surface area contributed by atoms with E-state index in [1.54, 1.807) is 10.4 Å². The Kier molecular flexibility index (Phi) is 6.05. The van der Waals surface area contributed by atoms with Crippen molar-refractivity contribution in [3.8, 4) is 22.0 Å². The van der Waals surface area contributed by atoms with Crippen molar-refractivity contribution in [2.75, 3.05) is 32.7 Å². The predicted octanol–water partition coefficient (Wildman–Crippen LogP) is 4.10. The summed E-state index contributed by atoms with van der Waals surface area (Å²) in [6.07, 6.45) is 0. The summed E-state index contributed by atoms with van der Waals surface area (Å²) in [4.78, 5) is 7.39. The zero-order valence-corrected chi connectivity index (χ0v) is 19.7. The van der Waals surface area contributed by atoms with Crippen molar-refractivity contribution in [2.45, 2.75) is 18.7 Å². The standard InChI is InChI=1S/C21H25ClN4O2S2/c1-4-25-9-11-26(12-10-25)30(27,28)20-13-19(24(3)15(20)2)21-23-18(14-29-21)16-5-7-17(22)8-6-16/h5-8,13-14H,4,9-12H2,1-3H3. The summed E-state index contributed by atoms with van der Waals surface area (Å²) in [5.41, 5.74) is 3.37. The number of hydrogen-bond acceptors (Lipinski definition) is 5. The maximum atomic E-state index is 13.3. The SMILES string of the molecule is CCN1CCN(S(=O)(=O)c2cc(-c3nc(-c4ccc(Cl)cc4)cs3)n(C)c2C)CC1. The molecule has 0 bridgehead atoms. The third-order valence-corrected chi connectivity index (χ3v) is 8.88. The monoisotopic (exact) mass is 464 g/mol. The van der Waals surface area contributed by atoms with Crippen LogP contribution in [0.25, 0.3) is 22.0 Å². The molecule has 1 fully saturated rings. The van der Waals surface area contributed by atoms with Crippen molar-refractivity contribution in [2.24, 2.45) is 7.05 Å². The zero-order chi connectivity index (χ0) is 21.5. The first-order valence-electron chi connectivity index (χ1n) is 9.92. The molecule has 9 heteroatoms. The lowest BCUT2D eigenvalue weighted by Gasteiger charge is -2.33. The van der Waals surface area contributed by atoms with Crippen LogP contribution in [-0.2, 0) is 17.1 Å². The van der Waals surface area contributed by atoms with Gasteiger partial charge in [0.05, 0.1) is 11.4 Å². The number of halogens is 1. The molecule has 0 spiro atoms. The van der Waals surface area contributed by atoms with E-state index in [0.29, 0.717) is 23.0 Å². The Morgan fingerprint density at radius 1 is 1.13 bits per heavy atom. The van der Waals surface area contributed by atoms with Gasteiger partial charge < -0.3 is 9.47 Å². The van der Waals surface area contributed by atoms with Crippen molar-refractivity contribution in [1.29, 1.82) is 0 Å². The lowest BCUT2D eigenvalue weighted by molar-refractivity contribution is 0.196. The van der Waals surface area contributed by atoms with Crippen LogP contribution in [0.1, 0.15) is 12.6 Å². The molecular formula is C21H25ClN4O2S2. The first kappa shape index (κ1) is 21.5. The lowest BCUT2D eigenvalue weighted by Crippen LogP contribution is -2.48. The summed E-state index contributed by atoms with van der Waals surface area (Å²) in [7, 11) is -1.65. The van der Waals surface area contributed by atoms with Gasteiger partial charge in [-0.15, -0.1) is 11.3 Å². The van der Waals surface area contributed by atoms with E-state index in [2.05, 4.69) is 11.8 Å². The molecule has 160 valence electrons. The molecule has 0 radical (unpaired) electrons. The second kappa shape index (κ2) is 8.43. The van der Waals surface area contributed by atoms with Crippen molar-refractivity contribution < 1.29 is 8.42 Å². The van der Waals surface area contributed by atoms with E-state index in [1.807, 2.05) is 48.2 Å². The van der Waals surface area contributed by atoms with Gasteiger partial charge in [0.15, 0.2) is 0 Å². The molecular weight excluding hydrogens is 440 g/mol. The van der Waals surface area contributed by atoms with Gasteiger partial charge in [0, 0.05) is 54.9 Å². The van der Waals surface area contributed by atoms with Crippen LogP contribution in [0.4, 0.5) is 0 Å². The maximum absolute atomic E-state index is 13.3. The largest absolute Gasteiger partial charge is 0.345 e. The average molecular weight is 465 g/mol. The van der Waals surface area contributed by atoms with Gasteiger partial charge in [-0.05, 0) is 31.7 Å². The van der Waals surface area contributed by atoms with Crippen LogP contribution in [0.3, 0.4) is 0 Å². The molecule has 0 unspecified atom stereocenters. The van der Waals surface area contributed by atoms with Crippen molar-refractivity contribution >= 4 is 33.0 Å². The Labute approximate surface area is 186 Å². The van der Waals surface area contributed by atoms with Crippen LogP contribution >= 0.6 is 22.9 Å². The smallest absolute Gasteiger partial charge is 0.244 e. The molecule has 0 atom stereocenters. The van der Waals surface area contributed by atoms with Gasteiger partial charge in [-0.2, -0.15) is 4.31 Å². The third kappa shape index (κ3) is 3.94. The van der Waals surface area contributed by atoms with Crippen LogP contribution in [0.5, 0.6) is 0 Å². The summed E-state index contributed by atoms with van der Waals surface area (Å²) >= 11 is 7.49. The number of aromatic nitrogens is 2. The van der Waals surface area contributed by atoms with E-state index in [4.69, 9.17) is 16.6 Å². The van der Waals surface area contributed by atoms with E-state index in [0.717, 1.165) is 47.3 Å². The van der Waals surface area contributed by atoms with Gasteiger partial charge in [0.25, 0.3) is 0 Å². The topological polar surface area (TPSA) is 58.4 Å². The molecule has 0 N–H and O–H groups in total. The van der Waals surface area contributed by atoms with Gasteiger partial charge in [-0.25, -0.2) is 13.4 Å². The molecule has 1 saturated heterocycles. The molecule has 30 heavy (non-hydrogen) atoms. The van der Waals surface area contributed by atoms with Crippen LogP contribution in [0, 0.1) is 6.92 Å². The zero-order valence-electron chi connectivity index (χ0n) is 17.3. The summed E-state index contributed by atoms with van der Waals surface area (Å²) in [5.74, 6) is 0. The molecule has 1 aliphatic rings. The van der Waals surface area contributed by atoms with Crippen molar-refractivity contribution in [3.05, 3.63) is 46.4 Å². The molecule has 3 aromatic rings. The third-order valence-electron chi connectivity index (χ3n) is 5.75. The van der Waals surface area contributed by atoms with E-state index in [1.165, 1.54) is 11.3 Å². The molecule has 2 aromatic heterocycles. The fourth-order valence-electron chi connectivity index (χ4n) is 3.71. The number of hydrogen-bond donors (Lipinski definition) is 0. The molecule has 0 amide bonds. The van der Waals surface area contributed by atoms with Crippen molar-refractivity contribution in [1.82, 2.24) is 18.8 Å². The highest BCUT2D eigenvalue weighted by atomic mass is 35.5. The molecule has 4 rings (SSSR count). The normalized spacial score (nSPS) is 16.3. The Morgan fingerprint density at radius 2 is 1.80 bits per heavy atom. The molecule has 1 aliphatic heterocycles. The van der Waals surface area contributed by atoms with Crippen LogP contribution in [0.15, 0.2) is 40.6 Å². The van der Waals surface area contributed by atoms with Crippen LogP contribution in [-0.4, -0.2) is 59.9 Å².